The average molecular weight is 275 g/mol. The number of aryl methyl sites for hydroxylation is 1. The Kier molecular flexibility index (Phi) is 4.33. The number of nitrogens with zero attached hydrogens (tertiary/aromatic N) is 1. The minimum absolute atomic E-state index is 0.157. The molecular formula is C16H25N3O. The van der Waals surface area contributed by atoms with Gasteiger partial charge in [0.25, 0.3) is 0 Å². The fraction of sp³-hybridized carbons (Fsp3) is 0.562. The van der Waals surface area contributed by atoms with E-state index in [1.54, 1.807) is 0 Å². The molecule has 4 heteroatoms. The maximum atomic E-state index is 8.69. The van der Waals surface area contributed by atoms with Crippen molar-refractivity contribution in [3.8, 4) is 0 Å². The number of nitrogens with two attached hydrogens (primary N) is 1. The van der Waals surface area contributed by atoms with Crippen LogP contribution in [0.4, 0.5) is 0 Å². The first-order valence-electron chi connectivity index (χ1n) is 7.27. The number of hydrogen-bond acceptors (Lipinski definition) is 3. The number of benzene rings is 1. The molecule has 0 amide bonds. The Morgan fingerprint density at radius 1 is 1.45 bits per heavy atom. The normalized spacial score (nSPS) is 17.5. The van der Waals surface area contributed by atoms with Crippen molar-refractivity contribution in [2.45, 2.75) is 40.2 Å². The van der Waals surface area contributed by atoms with E-state index >= 15 is 0 Å². The van der Waals surface area contributed by atoms with Gasteiger partial charge in [-0.25, -0.2) is 0 Å². The Bertz CT molecular complexity index is 504. The highest BCUT2D eigenvalue weighted by Crippen LogP contribution is 2.51. The summed E-state index contributed by atoms with van der Waals surface area (Å²) in [6.07, 6.45) is 2.69. The summed E-state index contributed by atoms with van der Waals surface area (Å²) in [5.74, 6) is 0.906. The molecule has 1 aromatic rings. The van der Waals surface area contributed by atoms with Crippen LogP contribution in [0.1, 0.15) is 43.4 Å². The molecule has 110 valence electrons. The van der Waals surface area contributed by atoms with Crippen LogP contribution in [0.15, 0.2) is 23.4 Å². The molecular weight excluding hydrogens is 250 g/mol. The van der Waals surface area contributed by atoms with E-state index in [4.69, 9.17) is 10.9 Å². The van der Waals surface area contributed by atoms with Crippen molar-refractivity contribution >= 4 is 5.84 Å². The maximum Gasteiger partial charge on any atom is 0.170 e. The minimum Gasteiger partial charge on any atom is -0.409 e. The Morgan fingerprint density at radius 3 is 2.65 bits per heavy atom. The molecule has 4 N–H and O–H groups in total. The lowest BCUT2D eigenvalue weighted by atomic mass is 9.92. The van der Waals surface area contributed by atoms with E-state index < -0.39 is 0 Å². The molecule has 0 saturated heterocycles. The number of hydrogen-bond donors (Lipinski definition) is 3. The van der Waals surface area contributed by atoms with E-state index in [-0.39, 0.29) is 5.84 Å². The van der Waals surface area contributed by atoms with Crippen LogP contribution < -0.4 is 11.1 Å². The smallest absolute Gasteiger partial charge is 0.170 e. The Labute approximate surface area is 121 Å². The van der Waals surface area contributed by atoms with Gasteiger partial charge in [0, 0.05) is 18.7 Å². The van der Waals surface area contributed by atoms with Gasteiger partial charge in [0.15, 0.2) is 5.84 Å². The Morgan fingerprint density at radius 2 is 2.15 bits per heavy atom. The lowest BCUT2D eigenvalue weighted by Gasteiger charge is -2.20. The standard InChI is InChI=1S/C16H25N3O/c1-11(2)16(6-7-16)10-18-9-14-5-4-13(8-12(14)3)15(17)19-20/h4-5,8,11,18,20H,6-7,9-10H2,1-3H3,(H2,17,19). The molecule has 0 bridgehead atoms. The van der Waals surface area contributed by atoms with Crippen LogP contribution in [0.2, 0.25) is 0 Å². The van der Waals surface area contributed by atoms with E-state index in [0.29, 0.717) is 5.41 Å². The summed E-state index contributed by atoms with van der Waals surface area (Å²) >= 11 is 0. The van der Waals surface area contributed by atoms with Crippen LogP contribution in [-0.4, -0.2) is 17.6 Å². The molecule has 0 heterocycles. The van der Waals surface area contributed by atoms with Gasteiger partial charge in [-0.2, -0.15) is 0 Å². The first kappa shape index (κ1) is 14.9. The van der Waals surface area contributed by atoms with Gasteiger partial charge >= 0.3 is 0 Å². The van der Waals surface area contributed by atoms with E-state index in [9.17, 15) is 0 Å². The molecule has 0 radical (unpaired) electrons. The molecule has 0 aliphatic heterocycles. The molecule has 0 aromatic heterocycles. The number of nitrogens with one attached hydrogen (secondary N) is 1. The molecule has 1 aliphatic carbocycles. The van der Waals surface area contributed by atoms with E-state index in [1.807, 2.05) is 18.2 Å². The van der Waals surface area contributed by atoms with Crippen molar-refractivity contribution in [2.24, 2.45) is 22.2 Å². The number of amidine groups is 1. The quantitative estimate of drug-likeness (QED) is 0.323. The van der Waals surface area contributed by atoms with Crippen LogP contribution in [0.5, 0.6) is 0 Å². The molecule has 1 saturated carbocycles. The molecule has 20 heavy (non-hydrogen) atoms. The Hall–Kier alpha value is -1.55. The average Bonchev–Trinajstić information content (AvgIpc) is 3.21. The van der Waals surface area contributed by atoms with Gasteiger partial charge in [-0.1, -0.05) is 31.1 Å². The van der Waals surface area contributed by atoms with E-state index in [2.05, 4.69) is 31.2 Å². The molecule has 2 rings (SSSR count). The van der Waals surface area contributed by atoms with Gasteiger partial charge in [0.1, 0.15) is 0 Å². The van der Waals surface area contributed by atoms with Gasteiger partial charge in [-0.3, -0.25) is 0 Å². The van der Waals surface area contributed by atoms with Crippen LogP contribution in [-0.2, 0) is 6.54 Å². The molecule has 4 nitrogen and oxygen atoms in total. The zero-order valence-corrected chi connectivity index (χ0v) is 12.6. The summed E-state index contributed by atoms with van der Waals surface area (Å²) in [5, 5.41) is 15.3. The van der Waals surface area contributed by atoms with Gasteiger partial charge in [0.05, 0.1) is 0 Å². The second-order valence-electron chi connectivity index (χ2n) is 6.25. The number of oxime groups is 1. The van der Waals surface area contributed by atoms with Crippen molar-refractivity contribution in [2.75, 3.05) is 6.54 Å². The Balaban J connectivity index is 1.94. The second kappa shape index (κ2) is 5.83. The van der Waals surface area contributed by atoms with Crippen molar-refractivity contribution in [1.82, 2.24) is 5.32 Å². The highest BCUT2D eigenvalue weighted by Gasteiger charge is 2.44. The third kappa shape index (κ3) is 3.12. The van der Waals surface area contributed by atoms with Gasteiger partial charge in [0.2, 0.25) is 0 Å². The topological polar surface area (TPSA) is 70.6 Å². The molecule has 1 aliphatic rings. The van der Waals surface area contributed by atoms with Crippen molar-refractivity contribution in [3.63, 3.8) is 0 Å². The van der Waals surface area contributed by atoms with Crippen molar-refractivity contribution in [3.05, 3.63) is 34.9 Å². The summed E-state index contributed by atoms with van der Waals surface area (Å²) in [7, 11) is 0. The highest BCUT2D eigenvalue weighted by molar-refractivity contribution is 5.97. The van der Waals surface area contributed by atoms with Crippen LogP contribution in [0, 0.1) is 18.3 Å². The van der Waals surface area contributed by atoms with E-state index in [1.165, 1.54) is 18.4 Å². The summed E-state index contributed by atoms with van der Waals surface area (Å²) < 4.78 is 0. The summed E-state index contributed by atoms with van der Waals surface area (Å²) in [6.45, 7) is 8.64. The zero-order valence-electron chi connectivity index (χ0n) is 12.6. The van der Waals surface area contributed by atoms with Crippen LogP contribution in [0.25, 0.3) is 0 Å². The maximum absolute atomic E-state index is 8.69. The van der Waals surface area contributed by atoms with Gasteiger partial charge in [-0.05, 0) is 48.3 Å². The summed E-state index contributed by atoms with van der Waals surface area (Å²) in [6, 6.07) is 5.90. The fourth-order valence-corrected chi connectivity index (χ4v) is 2.68. The summed E-state index contributed by atoms with van der Waals surface area (Å²) in [4.78, 5) is 0. The molecule has 0 unspecified atom stereocenters. The second-order valence-corrected chi connectivity index (χ2v) is 6.25. The highest BCUT2D eigenvalue weighted by atomic mass is 16.4. The molecule has 1 fully saturated rings. The first-order valence-corrected chi connectivity index (χ1v) is 7.27. The van der Waals surface area contributed by atoms with E-state index in [0.717, 1.165) is 30.1 Å². The van der Waals surface area contributed by atoms with Gasteiger partial charge < -0.3 is 16.3 Å². The lowest BCUT2D eigenvalue weighted by molar-refractivity contribution is 0.318. The third-order valence-electron chi connectivity index (χ3n) is 4.66. The minimum atomic E-state index is 0.157. The van der Waals surface area contributed by atoms with Gasteiger partial charge in [-0.15, -0.1) is 0 Å². The van der Waals surface area contributed by atoms with Crippen molar-refractivity contribution in [1.29, 1.82) is 0 Å². The first-order chi connectivity index (χ1) is 9.48. The predicted molar refractivity (Wildman–Crippen MR) is 81.9 cm³/mol. The number of rotatable bonds is 6. The van der Waals surface area contributed by atoms with Crippen LogP contribution in [0.3, 0.4) is 0 Å². The van der Waals surface area contributed by atoms with Crippen molar-refractivity contribution < 1.29 is 5.21 Å². The lowest BCUT2D eigenvalue weighted by Crippen LogP contribution is -2.27. The largest absolute Gasteiger partial charge is 0.409 e. The molecule has 0 atom stereocenters. The van der Waals surface area contributed by atoms with Crippen LogP contribution >= 0.6 is 0 Å². The third-order valence-corrected chi connectivity index (χ3v) is 4.66. The molecule has 1 aromatic carbocycles. The monoisotopic (exact) mass is 275 g/mol. The summed E-state index contributed by atoms with van der Waals surface area (Å²) in [5.41, 5.74) is 9.31. The predicted octanol–water partition coefficient (Wildman–Crippen LogP) is 2.62. The SMILES string of the molecule is Cc1cc(/C(N)=N/O)ccc1CNCC1(C(C)C)CC1. The zero-order chi connectivity index (χ0) is 14.8. The fourth-order valence-electron chi connectivity index (χ4n) is 2.68. The molecule has 0 spiro atoms.